The molecular weight excluding hydrogens is 282 g/mol. The molecule has 0 bridgehead atoms. The lowest BCUT2D eigenvalue weighted by Crippen LogP contribution is -2.04. The van der Waals surface area contributed by atoms with E-state index < -0.39 is 0 Å². The molecule has 2 nitrogen and oxygen atoms in total. The highest BCUT2D eigenvalue weighted by molar-refractivity contribution is 5.68. The van der Waals surface area contributed by atoms with E-state index in [9.17, 15) is 4.91 Å². The fourth-order valence-electron chi connectivity index (χ4n) is 3.48. The molecule has 0 amide bonds. The summed E-state index contributed by atoms with van der Waals surface area (Å²) >= 11 is 0. The predicted octanol–water partition coefficient (Wildman–Crippen LogP) is 6.23. The van der Waals surface area contributed by atoms with Crippen LogP contribution in [0.5, 0.6) is 0 Å². The van der Waals surface area contributed by atoms with E-state index in [0.717, 1.165) is 5.57 Å². The minimum absolute atomic E-state index is 0.274. The average Bonchev–Trinajstić information content (AvgIpc) is 3.08. The van der Waals surface area contributed by atoms with E-state index in [1.165, 1.54) is 48.0 Å². The molecule has 1 saturated carbocycles. The van der Waals surface area contributed by atoms with Gasteiger partial charge in [-0.3, -0.25) is 0 Å². The maximum atomic E-state index is 10.8. The van der Waals surface area contributed by atoms with Crippen LogP contribution < -0.4 is 0 Å². The third kappa shape index (κ3) is 4.51. The third-order valence-electron chi connectivity index (χ3n) is 4.83. The van der Waals surface area contributed by atoms with Gasteiger partial charge in [0.1, 0.15) is 6.54 Å². The Bertz CT molecular complexity index is 631. The molecule has 0 aliphatic heterocycles. The topological polar surface area (TPSA) is 29.4 Å². The standard InChI is InChI=1S/C21H27NO/c1-4-18(15-22-23)21(19-10-6-7-11-19)14-13-17(3)20-12-8-5-9-16(20)2/h4-5,8-9,12-14,19H,6-7,10-11,15H2,1-3H3/b17-13+,18-4-,21-14+. The van der Waals surface area contributed by atoms with Crippen molar-refractivity contribution in [2.24, 2.45) is 11.1 Å². The summed E-state index contributed by atoms with van der Waals surface area (Å²) in [4.78, 5) is 10.8. The van der Waals surface area contributed by atoms with E-state index in [-0.39, 0.29) is 6.54 Å². The van der Waals surface area contributed by atoms with Gasteiger partial charge in [0.05, 0.1) is 0 Å². The van der Waals surface area contributed by atoms with Gasteiger partial charge in [-0.15, -0.1) is 0 Å². The number of nitroso groups, excluding NO2 is 1. The van der Waals surface area contributed by atoms with Gasteiger partial charge in [-0.1, -0.05) is 60.5 Å². The monoisotopic (exact) mass is 309 g/mol. The fourth-order valence-corrected chi connectivity index (χ4v) is 3.48. The van der Waals surface area contributed by atoms with Gasteiger partial charge in [-0.25, -0.2) is 0 Å². The highest BCUT2D eigenvalue weighted by atomic mass is 16.3. The van der Waals surface area contributed by atoms with Crippen LogP contribution >= 0.6 is 0 Å². The van der Waals surface area contributed by atoms with Crippen LogP contribution in [0.4, 0.5) is 0 Å². The lowest BCUT2D eigenvalue weighted by molar-refractivity contribution is 0.646. The number of allylic oxidation sites excluding steroid dienone is 4. The van der Waals surface area contributed by atoms with Crippen molar-refractivity contribution in [2.75, 3.05) is 6.54 Å². The maximum Gasteiger partial charge on any atom is 0.106 e. The summed E-state index contributed by atoms with van der Waals surface area (Å²) in [5.74, 6) is 0.573. The molecule has 1 aliphatic carbocycles. The summed E-state index contributed by atoms with van der Waals surface area (Å²) in [7, 11) is 0. The minimum Gasteiger partial charge on any atom is -0.150 e. The second-order valence-corrected chi connectivity index (χ2v) is 6.37. The number of aryl methyl sites for hydroxylation is 1. The van der Waals surface area contributed by atoms with Crippen LogP contribution in [0.1, 0.15) is 50.7 Å². The molecule has 1 aromatic carbocycles. The lowest BCUT2D eigenvalue weighted by atomic mass is 9.89. The van der Waals surface area contributed by atoms with Gasteiger partial charge in [0.15, 0.2) is 0 Å². The zero-order chi connectivity index (χ0) is 16.7. The van der Waals surface area contributed by atoms with Crippen LogP contribution in [0.15, 0.2) is 58.8 Å². The lowest BCUT2D eigenvalue weighted by Gasteiger charge is -2.16. The van der Waals surface area contributed by atoms with E-state index in [0.29, 0.717) is 5.92 Å². The first kappa shape index (κ1) is 17.4. The molecule has 0 radical (unpaired) electrons. The van der Waals surface area contributed by atoms with Crippen molar-refractivity contribution in [3.8, 4) is 0 Å². The van der Waals surface area contributed by atoms with Crippen molar-refractivity contribution in [1.82, 2.24) is 0 Å². The Kier molecular flexibility index (Phi) is 6.52. The molecule has 2 heteroatoms. The maximum absolute atomic E-state index is 10.8. The number of rotatable bonds is 6. The summed E-state index contributed by atoms with van der Waals surface area (Å²) in [6.07, 6.45) is 11.5. The van der Waals surface area contributed by atoms with Crippen molar-refractivity contribution >= 4 is 5.57 Å². The molecule has 0 aromatic heterocycles. The summed E-state index contributed by atoms with van der Waals surface area (Å²) in [5.41, 5.74) is 6.22. The van der Waals surface area contributed by atoms with Crippen LogP contribution in [-0.2, 0) is 0 Å². The fraction of sp³-hybridized carbons (Fsp3) is 0.429. The van der Waals surface area contributed by atoms with Crippen molar-refractivity contribution in [3.05, 3.63) is 69.7 Å². The Labute approximate surface area is 140 Å². The smallest absolute Gasteiger partial charge is 0.106 e. The Morgan fingerprint density at radius 2 is 1.91 bits per heavy atom. The highest BCUT2D eigenvalue weighted by Gasteiger charge is 2.21. The number of nitrogens with zero attached hydrogens (tertiary/aromatic N) is 1. The van der Waals surface area contributed by atoms with Gasteiger partial charge < -0.3 is 0 Å². The Hall–Kier alpha value is -1.96. The number of benzene rings is 1. The zero-order valence-electron chi connectivity index (χ0n) is 14.5. The van der Waals surface area contributed by atoms with Gasteiger partial charge in [-0.05, 0) is 67.4 Å². The molecular formula is C21H27NO. The molecule has 0 atom stereocenters. The van der Waals surface area contributed by atoms with Crippen LogP contribution in [-0.4, -0.2) is 6.54 Å². The van der Waals surface area contributed by atoms with Crippen molar-refractivity contribution in [2.45, 2.75) is 46.5 Å². The van der Waals surface area contributed by atoms with Crippen LogP contribution in [0.3, 0.4) is 0 Å². The number of hydrogen-bond donors (Lipinski definition) is 0. The van der Waals surface area contributed by atoms with E-state index in [1.54, 1.807) is 0 Å². The zero-order valence-corrected chi connectivity index (χ0v) is 14.5. The second-order valence-electron chi connectivity index (χ2n) is 6.37. The molecule has 0 saturated heterocycles. The first-order chi connectivity index (χ1) is 11.2. The first-order valence-corrected chi connectivity index (χ1v) is 8.56. The molecule has 1 fully saturated rings. The largest absolute Gasteiger partial charge is 0.150 e. The van der Waals surface area contributed by atoms with Crippen molar-refractivity contribution in [1.29, 1.82) is 0 Å². The van der Waals surface area contributed by atoms with Gasteiger partial charge in [0, 0.05) is 0 Å². The first-order valence-electron chi connectivity index (χ1n) is 8.56. The van der Waals surface area contributed by atoms with Gasteiger partial charge in [0.2, 0.25) is 0 Å². The van der Waals surface area contributed by atoms with E-state index in [2.05, 4.69) is 55.4 Å². The minimum atomic E-state index is 0.274. The normalized spacial score (nSPS) is 17.6. The molecule has 0 N–H and O–H groups in total. The molecule has 122 valence electrons. The Morgan fingerprint density at radius 3 is 2.52 bits per heavy atom. The second kappa shape index (κ2) is 8.61. The van der Waals surface area contributed by atoms with E-state index in [4.69, 9.17) is 0 Å². The third-order valence-corrected chi connectivity index (χ3v) is 4.83. The van der Waals surface area contributed by atoms with Crippen LogP contribution in [0, 0.1) is 17.7 Å². The van der Waals surface area contributed by atoms with Crippen LogP contribution in [0.2, 0.25) is 0 Å². The van der Waals surface area contributed by atoms with Crippen molar-refractivity contribution in [3.63, 3.8) is 0 Å². The van der Waals surface area contributed by atoms with Gasteiger partial charge >= 0.3 is 0 Å². The summed E-state index contributed by atoms with van der Waals surface area (Å²) in [6.45, 7) is 6.57. The quantitative estimate of drug-likeness (QED) is 0.452. The van der Waals surface area contributed by atoms with Gasteiger partial charge in [-0.2, -0.15) is 4.91 Å². The Balaban J connectivity index is 2.34. The molecule has 1 aliphatic rings. The van der Waals surface area contributed by atoms with E-state index in [1.807, 2.05) is 13.0 Å². The van der Waals surface area contributed by atoms with Gasteiger partial charge in [0.25, 0.3) is 0 Å². The molecule has 1 aromatic rings. The highest BCUT2D eigenvalue weighted by Crippen LogP contribution is 2.35. The number of hydrogen-bond acceptors (Lipinski definition) is 2. The predicted molar refractivity (Wildman–Crippen MR) is 99.3 cm³/mol. The summed E-state index contributed by atoms with van der Waals surface area (Å²) in [5, 5.41) is 3.12. The van der Waals surface area contributed by atoms with E-state index >= 15 is 0 Å². The SMILES string of the molecule is C\C=C(CN=O)/C(=C\C=C(/C)c1ccccc1C)C1CCCC1. The molecule has 0 unspecified atom stereocenters. The summed E-state index contributed by atoms with van der Waals surface area (Å²) in [6, 6.07) is 8.45. The Morgan fingerprint density at radius 1 is 1.22 bits per heavy atom. The molecule has 2 rings (SSSR count). The molecule has 0 heterocycles. The van der Waals surface area contributed by atoms with Crippen LogP contribution in [0.25, 0.3) is 5.57 Å². The molecule has 23 heavy (non-hydrogen) atoms. The van der Waals surface area contributed by atoms with Crippen molar-refractivity contribution < 1.29 is 0 Å². The summed E-state index contributed by atoms with van der Waals surface area (Å²) < 4.78 is 0. The average molecular weight is 309 g/mol. The molecule has 0 spiro atoms.